The molecule has 8 heteroatoms. The molecule has 0 radical (unpaired) electrons. The van der Waals surface area contributed by atoms with Crippen LogP contribution in [0, 0.1) is 0 Å². The van der Waals surface area contributed by atoms with Crippen LogP contribution in [0.5, 0.6) is 0 Å². The van der Waals surface area contributed by atoms with E-state index in [1.54, 1.807) is 25.3 Å². The molecule has 1 atom stereocenters. The molecule has 0 bridgehead atoms. The van der Waals surface area contributed by atoms with Crippen molar-refractivity contribution in [1.82, 2.24) is 16.0 Å². The minimum atomic E-state index is -1.14. The van der Waals surface area contributed by atoms with E-state index in [4.69, 9.17) is 4.42 Å². The Morgan fingerprint density at radius 1 is 1.31 bits per heavy atom. The summed E-state index contributed by atoms with van der Waals surface area (Å²) in [5, 5.41) is 19.8. The number of nitrogens with zero attached hydrogens (tertiary/aromatic N) is 2. The molecule has 8 nitrogen and oxygen atoms in total. The summed E-state index contributed by atoms with van der Waals surface area (Å²) in [4.78, 5) is 18.2. The molecule has 2 aromatic rings. The summed E-state index contributed by atoms with van der Waals surface area (Å²) in [5.41, 5.74) is 0.958. The molecule has 2 heterocycles. The van der Waals surface area contributed by atoms with Gasteiger partial charge in [0.25, 0.3) is 0 Å². The first-order valence-electron chi connectivity index (χ1n) is 9.87. The number of piperazine rings is 1. The number of carbonyl (C=O) groups excluding carboxylic acids is 1. The van der Waals surface area contributed by atoms with E-state index >= 15 is 0 Å². The second kappa shape index (κ2) is 9.47. The quantitative estimate of drug-likeness (QED) is 0.412. The molecule has 156 valence electrons. The number of benzene rings is 1. The Morgan fingerprint density at radius 3 is 2.76 bits per heavy atom. The summed E-state index contributed by atoms with van der Waals surface area (Å²) in [6.07, 6.45) is 1.54. The lowest BCUT2D eigenvalue weighted by molar-refractivity contribution is -0.120. The fourth-order valence-corrected chi connectivity index (χ4v) is 3.11. The molecule has 1 aliphatic heterocycles. The number of hydrogen-bond acceptors (Lipinski definition) is 5. The van der Waals surface area contributed by atoms with Crippen molar-refractivity contribution < 1.29 is 14.3 Å². The summed E-state index contributed by atoms with van der Waals surface area (Å²) in [6.45, 7) is 7.04. The van der Waals surface area contributed by atoms with E-state index < -0.39 is 5.60 Å². The molecule has 1 fully saturated rings. The zero-order valence-electron chi connectivity index (χ0n) is 16.9. The van der Waals surface area contributed by atoms with Crippen LogP contribution in [0.1, 0.15) is 25.2 Å². The molecule has 1 aromatic heterocycles. The molecule has 0 spiro atoms. The molecular weight excluding hydrogens is 370 g/mol. The Balaban J connectivity index is 1.58. The average molecular weight is 399 g/mol. The van der Waals surface area contributed by atoms with Crippen molar-refractivity contribution in [2.75, 3.05) is 37.6 Å². The molecule has 1 saturated heterocycles. The Bertz CT molecular complexity index is 815. The van der Waals surface area contributed by atoms with Crippen molar-refractivity contribution in [3.63, 3.8) is 0 Å². The van der Waals surface area contributed by atoms with E-state index in [0.29, 0.717) is 37.9 Å². The van der Waals surface area contributed by atoms with Gasteiger partial charge >= 0.3 is 0 Å². The predicted molar refractivity (Wildman–Crippen MR) is 113 cm³/mol. The maximum atomic E-state index is 11.6. The van der Waals surface area contributed by atoms with Crippen LogP contribution in [-0.2, 0) is 16.9 Å². The van der Waals surface area contributed by atoms with Crippen molar-refractivity contribution in [3.8, 4) is 0 Å². The number of amides is 1. The lowest BCUT2D eigenvalue weighted by Crippen LogP contribution is -2.47. The highest BCUT2D eigenvalue weighted by Crippen LogP contribution is 2.20. The Morgan fingerprint density at radius 2 is 2.10 bits per heavy atom. The SMILES string of the molecule is CCNC(=NCc1ccc(N2CCNC(=O)C2)cc1)NCC(C)(O)c1ccco1. The van der Waals surface area contributed by atoms with Crippen LogP contribution in [0.4, 0.5) is 5.69 Å². The van der Waals surface area contributed by atoms with Crippen molar-refractivity contribution >= 4 is 17.6 Å². The largest absolute Gasteiger partial charge is 0.466 e. The fraction of sp³-hybridized carbons (Fsp3) is 0.429. The monoisotopic (exact) mass is 399 g/mol. The van der Waals surface area contributed by atoms with Gasteiger partial charge in [-0.05, 0) is 43.7 Å². The normalized spacial score (nSPS) is 16.9. The zero-order valence-corrected chi connectivity index (χ0v) is 16.9. The lowest BCUT2D eigenvalue weighted by atomic mass is 10.0. The van der Waals surface area contributed by atoms with Gasteiger partial charge in [0, 0.05) is 25.3 Å². The van der Waals surface area contributed by atoms with Gasteiger partial charge in [-0.1, -0.05) is 12.1 Å². The first kappa shape index (κ1) is 20.7. The number of furan rings is 1. The number of carbonyl (C=O) groups is 1. The zero-order chi connectivity index (χ0) is 20.7. The molecule has 1 aliphatic rings. The van der Waals surface area contributed by atoms with Crippen molar-refractivity contribution in [2.24, 2.45) is 4.99 Å². The summed E-state index contributed by atoms with van der Waals surface area (Å²) < 4.78 is 5.31. The van der Waals surface area contributed by atoms with Crippen LogP contribution in [0.25, 0.3) is 0 Å². The van der Waals surface area contributed by atoms with Gasteiger partial charge in [-0.15, -0.1) is 0 Å². The third-order valence-electron chi connectivity index (χ3n) is 4.76. The molecular formula is C21H29N5O3. The van der Waals surface area contributed by atoms with Gasteiger partial charge in [0.15, 0.2) is 5.96 Å². The van der Waals surface area contributed by atoms with Crippen LogP contribution in [-0.4, -0.2) is 49.7 Å². The summed E-state index contributed by atoms with van der Waals surface area (Å²) in [6, 6.07) is 11.6. The summed E-state index contributed by atoms with van der Waals surface area (Å²) >= 11 is 0. The highest BCUT2D eigenvalue weighted by molar-refractivity contribution is 5.82. The van der Waals surface area contributed by atoms with Crippen molar-refractivity contribution in [1.29, 1.82) is 0 Å². The highest BCUT2D eigenvalue weighted by atomic mass is 16.4. The minimum Gasteiger partial charge on any atom is -0.466 e. The first-order valence-corrected chi connectivity index (χ1v) is 9.87. The number of nitrogens with one attached hydrogen (secondary N) is 3. The van der Waals surface area contributed by atoms with Crippen LogP contribution >= 0.6 is 0 Å². The van der Waals surface area contributed by atoms with Gasteiger partial charge in [0.1, 0.15) is 11.4 Å². The van der Waals surface area contributed by atoms with Gasteiger partial charge in [-0.3, -0.25) is 4.79 Å². The van der Waals surface area contributed by atoms with Crippen LogP contribution in [0.2, 0.25) is 0 Å². The second-order valence-corrected chi connectivity index (χ2v) is 7.24. The second-order valence-electron chi connectivity index (χ2n) is 7.24. The number of aliphatic imine (C=N–C) groups is 1. The van der Waals surface area contributed by atoms with Gasteiger partial charge in [-0.2, -0.15) is 0 Å². The number of guanidine groups is 1. The maximum absolute atomic E-state index is 11.6. The highest BCUT2D eigenvalue weighted by Gasteiger charge is 2.26. The van der Waals surface area contributed by atoms with Gasteiger partial charge in [0.2, 0.25) is 5.91 Å². The van der Waals surface area contributed by atoms with E-state index in [0.717, 1.165) is 17.8 Å². The summed E-state index contributed by atoms with van der Waals surface area (Å²) in [5.74, 6) is 1.18. The van der Waals surface area contributed by atoms with Crippen molar-refractivity contribution in [3.05, 3.63) is 54.0 Å². The van der Waals surface area contributed by atoms with E-state index in [1.807, 2.05) is 31.2 Å². The third-order valence-corrected chi connectivity index (χ3v) is 4.76. The number of rotatable bonds is 7. The van der Waals surface area contributed by atoms with Gasteiger partial charge in [-0.25, -0.2) is 4.99 Å². The van der Waals surface area contributed by atoms with E-state index in [1.165, 1.54) is 0 Å². The third kappa shape index (κ3) is 5.74. The summed E-state index contributed by atoms with van der Waals surface area (Å²) in [7, 11) is 0. The molecule has 1 aromatic carbocycles. The lowest BCUT2D eigenvalue weighted by Gasteiger charge is -2.28. The van der Waals surface area contributed by atoms with Gasteiger partial charge < -0.3 is 30.4 Å². The van der Waals surface area contributed by atoms with Crippen LogP contribution in [0.3, 0.4) is 0 Å². The molecule has 3 rings (SSSR count). The number of anilines is 1. The molecule has 0 saturated carbocycles. The first-order chi connectivity index (χ1) is 14.0. The molecule has 29 heavy (non-hydrogen) atoms. The van der Waals surface area contributed by atoms with Gasteiger partial charge in [0.05, 0.1) is 25.9 Å². The molecule has 4 N–H and O–H groups in total. The molecule has 1 unspecified atom stereocenters. The standard InChI is InChI=1S/C21H29N5O3/c1-3-22-20(25-15-21(2,28)18-5-4-12-29-18)24-13-16-6-8-17(9-7-16)26-11-10-23-19(27)14-26/h4-9,12,28H,3,10-11,13-15H2,1-2H3,(H,23,27)(H2,22,24,25). The fourth-order valence-electron chi connectivity index (χ4n) is 3.11. The average Bonchev–Trinajstić information content (AvgIpc) is 3.26. The van der Waals surface area contributed by atoms with Crippen LogP contribution < -0.4 is 20.9 Å². The van der Waals surface area contributed by atoms with E-state index in [2.05, 4.69) is 25.8 Å². The topological polar surface area (TPSA) is 102 Å². The smallest absolute Gasteiger partial charge is 0.239 e. The molecule has 0 aliphatic carbocycles. The Kier molecular flexibility index (Phi) is 6.77. The van der Waals surface area contributed by atoms with E-state index in [-0.39, 0.29) is 12.5 Å². The van der Waals surface area contributed by atoms with Crippen molar-refractivity contribution in [2.45, 2.75) is 26.0 Å². The Hall–Kier alpha value is -3.00. The number of hydrogen-bond donors (Lipinski definition) is 4. The Labute approximate surface area is 171 Å². The minimum absolute atomic E-state index is 0.0525. The molecule has 1 amide bonds. The van der Waals surface area contributed by atoms with E-state index in [9.17, 15) is 9.90 Å². The maximum Gasteiger partial charge on any atom is 0.239 e. The predicted octanol–water partition coefficient (Wildman–Crippen LogP) is 1.18. The number of aliphatic hydroxyl groups is 1. The van der Waals surface area contributed by atoms with Crippen LogP contribution in [0.15, 0.2) is 52.1 Å².